The van der Waals surface area contributed by atoms with Gasteiger partial charge in [0.1, 0.15) is 5.52 Å². The highest BCUT2D eigenvalue weighted by atomic mass is 16.3. The molecule has 2 aliphatic heterocycles. The van der Waals surface area contributed by atoms with E-state index in [4.69, 9.17) is 9.40 Å². The van der Waals surface area contributed by atoms with Gasteiger partial charge in [0.25, 0.3) is 6.71 Å². The Bertz CT molecular complexity index is 3120. The predicted molar refractivity (Wildman–Crippen MR) is 304 cm³/mol. The van der Waals surface area contributed by atoms with Crippen LogP contribution in [0.5, 0.6) is 0 Å². The molecule has 0 amide bonds. The van der Waals surface area contributed by atoms with Crippen LogP contribution >= 0.6 is 0 Å². The molecule has 2 aliphatic rings. The molecule has 0 saturated carbocycles. The summed E-state index contributed by atoms with van der Waals surface area (Å²) < 4.78 is 6.91. The van der Waals surface area contributed by atoms with Gasteiger partial charge in [0, 0.05) is 39.7 Å². The molecule has 0 fully saturated rings. The van der Waals surface area contributed by atoms with Gasteiger partial charge < -0.3 is 14.2 Å². The molecule has 0 bridgehead atoms. The van der Waals surface area contributed by atoms with E-state index in [0.717, 1.165) is 28.0 Å². The lowest BCUT2D eigenvalue weighted by atomic mass is 9.33. The van der Waals surface area contributed by atoms with E-state index in [9.17, 15) is 0 Å². The van der Waals surface area contributed by atoms with E-state index in [0.29, 0.717) is 5.89 Å². The maximum absolute atomic E-state index is 6.91. The summed E-state index contributed by atoms with van der Waals surface area (Å²) in [5, 5.41) is 0. The van der Waals surface area contributed by atoms with Gasteiger partial charge in [0.05, 0.1) is 0 Å². The second-order valence-corrected chi connectivity index (χ2v) is 28.1. The molecular weight excluding hydrogens is 850 g/mol. The van der Waals surface area contributed by atoms with Gasteiger partial charge in [-0.25, -0.2) is 4.98 Å². The third kappa shape index (κ3) is 8.83. The first-order chi connectivity index (χ1) is 32.1. The molecular formula is C65H80BN3O. The van der Waals surface area contributed by atoms with Gasteiger partial charge in [-0.15, -0.1) is 0 Å². The van der Waals surface area contributed by atoms with Crippen LogP contribution in [-0.4, -0.2) is 11.7 Å². The molecule has 70 heavy (non-hydrogen) atoms. The summed E-state index contributed by atoms with van der Waals surface area (Å²) >= 11 is 0. The van der Waals surface area contributed by atoms with Crippen LogP contribution in [0.3, 0.4) is 0 Å². The lowest BCUT2D eigenvalue weighted by molar-refractivity contribution is 0.568. The summed E-state index contributed by atoms with van der Waals surface area (Å²) in [6.45, 7) is 48.9. The standard InChI is InChI=1S/C65H80BN3O/c1-59(2,3)40-24-22-39(23-25-40)58-67-51-38-53-50(37-56(51)70-58)66-49-34-41(60(4,5)6)26-27-52(49)68(47-30-42(61(7,8)9)28-43(31-47)62(10,11)12)54-35-46(65(19,20)21)36-55(57(54)66)69(53)48-32-44(63(13,14)15)29-45(33-48)64(16,17)18/h22-38H,1-21H3. The number of rotatable bonds is 3. The Balaban J connectivity index is 1.44. The molecule has 0 unspecified atom stereocenters. The van der Waals surface area contributed by atoms with Crippen LogP contribution in [0.1, 0.15) is 184 Å². The first-order valence-corrected chi connectivity index (χ1v) is 25.9. The van der Waals surface area contributed by atoms with Crippen molar-refractivity contribution in [2.24, 2.45) is 0 Å². The normalized spacial score (nSPS) is 14.6. The Kier molecular flexibility index (Phi) is 11.3. The van der Waals surface area contributed by atoms with E-state index in [-0.39, 0.29) is 44.6 Å². The van der Waals surface area contributed by atoms with Gasteiger partial charge in [0.15, 0.2) is 5.58 Å². The smallest absolute Gasteiger partial charge is 0.252 e. The van der Waals surface area contributed by atoms with Crippen molar-refractivity contribution in [3.8, 4) is 11.5 Å². The Labute approximate surface area is 422 Å². The first kappa shape index (κ1) is 49.4. The number of aromatic nitrogens is 1. The fraction of sp³-hybridized carbons (Fsp3) is 0.431. The second-order valence-electron chi connectivity index (χ2n) is 28.1. The van der Waals surface area contributed by atoms with E-state index in [1.54, 1.807) is 0 Å². The Morgan fingerprint density at radius 2 is 0.743 bits per heavy atom. The number of oxazole rings is 1. The van der Waals surface area contributed by atoms with Crippen molar-refractivity contribution in [1.29, 1.82) is 0 Å². The van der Waals surface area contributed by atoms with Crippen molar-refractivity contribution in [3.63, 3.8) is 0 Å². The third-order valence-electron chi connectivity index (χ3n) is 15.1. The van der Waals surface area contributed by atoms with Gasteiger partial charge in [-0.05, 0) is 160 Å². The van der Waals surface area contributed by atoms with Crippen molar-refractivity contribution in [1.82, 2.24) is 4.98 Å². The van der Waals surface area contributed by atoms with Gasteiger partial charge in [-0.2, -0.15) is 0 Å². The molecule has 0 saturated heterocycles. The SMILES string of the molecule is CC(C)(C)c1ccc(-c2nc3cc4c(cc3o2)B2c3cc(C(C)(C)C)ccc3N(c3cc(C(C)(C)C)cc(C(C)(C)C)c3)c3cc(C(C)(C)C)cc(c32)N4c2cc(C(C)(C)C)cc(C(C)(C)C)c2)cc1. The topological polar surface area (TPSA) is 32.5 Å². The molecule has 5 heteroatoms. The van der Waals surface area contributed by atoms with Crippen LogP contribution in [0.2, 0.25) is 0 Å². The van der Waals surface area contributed by atoms with Crippen molar-refractivity contribution in [2.75, 3.05) is 9.80 Å². The summed E-state index contributed by atoms with van der Waals surface area (Å²) in [5.74, 6) is 0.640. The largest absolute Gasteiger partial charge is 0.436 e. The molecule has 0 spiro atoms. The van der Waals surface area contributed by atoms with Crippen LogP contribution in [-0.2, 0) is 37.9 Å². The Hall–Kier alpha value is -5.55. The average molecular weight is 930 g/mol. The van der Waals surface area contributed by atoms with Gasteiger partial charge in [-0.1, -0.05) is 182 Å². The van der Waals surface area contributed by atoms with Gasteiger partial charge >= 0.3 is 0 Å². The van der Waals surface area contributed by atoms with E-state index >= 15 is 0 Å². The number of hydrogen-bond acceptors (Lipinski definition) is 4. The zero-order valence-corrected chi connectivity index (χ0v) is 46.6. The molecule has 3 heterocycles. The highest BCUT2D eigenvalue weighted by Gasteiger charge is 2.46. The summed E-state index contributed by atoms with van der Waals surface area (Å²) in [4.78, 5) is 10.5. The second kappa shape index (κ2) is 16.0. The van der Waals surface area contributed by atoms with Crippen LogP contribution in [0, 0.1) is 0 Å². The van der Waals surface area contributed by atoms with E-state index in [1.807, 2.05) is 0 Å². The van der Waals surface area contributed by atoms with Crippen molar-refractivity contribution in [3.05, 3.63) is 142 Å². The van der Waals surface area contributed by atoms with Crippen molar-refractivity contribution in [2.45, 2.75) is 183 Å². The Morgan fingerprint density at radius 3 is 1.17 bits per heavy atom. The summed E-state index contributed by atoms with van der Waals surface area (Å²) in [6, 6.07) is 40.6. The Morgan fingerprint density at radius 1 is 0.357 bits per heavy atom. The van der Waals surface area contributed by atoms with Crippen LogP contribution in [0.4, 0.5) is 34.1 Å². The molecule has 4 nitrogen and oxygen atoms in total. The molecule has 9 rings (SSSR count). The average Bonchev–Trinajstić information content (AvgIpc) is 3.66. The van der Waals surface area contributed by atoms with Gasteiger partial charge in [0.2, 0.25) is 5.89 Å². The van der Waals surface area contributed by atoms with E-state index < -0.39 is 0 Å². The van der Waals surface area contributed by atoms with E-state index in [1.165, 1.54) is 78.1 Å². The fourth-order valence-electron chi connectivity index (χ4n) is 10.3. The molecule has 364 valence electrons. The zero-order chi connectivity index (χ0) is 51.2. The number of benzene rings is 6. The minimum absolute atomic E-state index is 0.0448. The lowest BCUT2D eigenvalue weighted by Gasteiger charge is -2.46. The molecule has 7 aromatic rings. The number of hydrogen-bond donors (Lipinski definition) is 0. The zero-order valence-electron chi connectivity index (χ0n) is 46.6. The maximum Gasteiger partial charge on any atom is 0.252 e. The molecule has 0 atom stereocenters. The van der Waals surface area contributed by atoms with Crippen LogP contribution < -0.4 is 26.2 Å². The number of fused-ring (bicyclic) bond motifs is 5. The summed E-state index contributed by atoms with van der Waals surface area (Å²) in [6.07, 6.45) is 0. The van der Waals surface area contributed by atoms with Crippen LogP contribution in [0.15, 0.2) is 108 Å². The molecule has 1 aromatic heterocycles. The minimum atomic E-state index is -0.157. The lowest BCUT2D eigenvalue weighted by Crippen LogP contribution is -2.61. The van der Waals surface area contributed by atoms with E-state index in [2.05, 4.69) is 258 Å². The summed E-state index contributed by atoms with van der Waals surface area (Å²) in [5.41, 5.74) is 22.4. The first-order valence-electron chi connectivity index (χ1n) is 25.9. The number of nitrogens with zero attached hydrogens (tertiary/aromatic N) is 3. The highest BCUT2D eigenvalue weighted by molar-refractivity contribution is 7.00. The highest BCUT2D eigenvalue weighted by Crippen LogP contribution is 2.49. The quantitative estimate of drug-likeness (QED) is 0.165. The fourth-order valence-corrected chi connectivity index (χ4v) is 10.3. The number of anilines is 6. The minimum Gasteiger partial charge on any atom is -0.436 e. The van der Waals surface area contributed by atoms with Crippen molar-refractivity contribution >= 4 is 68.3 Å². The maximum atomic E-state index is 6.91. The molecule has 6 aromatic carbocycles. The molecule has 0 aliphatic carbocycles. The van der Waals surface area contributed by atoms with Crippen molar-refractivity contribution < 1.29 is 4.42 Å². The third-order valence-corrected chi connectivity index (χ3v) is 15.1. The molecule has 0 N–H and O–H groups in total. The monoisotopic (exact) mass is 930 g/mol. The molecule has 0 radical (unpaired) electrons. The predicted octanol–water partition coefficient (Wildman–Crippen LogP) is 16.7. The van der Waals surface area contributed by atoms with Crippen LogP contribution in [0.25, 0.3) is 22.6 Å². The van der Waals surface area contributed by atoms with Gasteiger partial charge in [-0.3, -0.25) is 0 Å². The summed E-state index contributed by atoms with van der Waals surface area (Å²) in [7, 11) is 0.